The predicted molar refractivity (Wildman–Crippen MR) is 190 cm³/mol. The summed E-state index contributed by atoms with van der Waals surface area (Å²) in [5.74, 6) is -3.89. The third-order valence-corrected chi connectivity index (χ3v) is 10.9. The Labute approximate surface area is 302 Å². The largest absolute Gasteiger partial charge is 0.342 e. The van der Waals surface area contributed by atoms with Crippen LogP contribution in [0.4, 0.5) is 0 Å². The van der Waals surface area contributed by atoms with Gasteiger partial charge in [-0.1, -0.05) is 80.9 Å². The quantitative estimate of drug-likeness (QED) is 0.420. The van der Waals surface area contributed by atoms with Gasteiger partial charge in [-0.3, -0.25) is 28.8 Å². The van der Waals surface area contributed by atoms with Crippen LogP contribution in [-0.4, -0.2) is 106 Å². The molecule has 7 atom stereocenters. The van der Waals surface area contributed by atoms with Crippen LogP contribution in [0.3, 0.4) is 0 Å². The van der Waals surface area contributed by atoms with E-state index in [0.717, 1.165) is 0 Å². The smallest absolute Gasteiger partial charge is 0.246 e. The molecule has 0 radical (unpaired) electrons. The summed E-state index contributed by atoms with van der Waals surface area (Å²) in [5.41, 5.74) is 1.40. The summed E-state index contributed by atoms with van der Waals surface area (Å²) in [6, 6.07) is 11.3. The number of fused-ring (bicyclic) bond motifs is 3. The highest BCUT2D eigenvalue weighted by molar-refractivity contribution is 5.99. The molecule has 4 aliphatic rings. The molecule has 4 aliphatic heterocycles. The standard InChI is InChI=1S/C39H50N6O6/c1-3-25(2)33-39(51)45-22-12-19-32(45)38(50)44-21-11-18-31(44)36(48)41-29(24-27-15-8-5-9-16-27)37(49)43-20-10-17-30(43)35(47)40-28(34(46)42-33)23-26-13-6-4-7-14-26/h4-9,13-16,25,28-33H,3,10-12,17-24H2,1-2H3,(H,40,47)(H,41,48)(H,42,46)/t25-,28-,29-,30-,31+,32-,33-/m0/s1/i/hD2. The van der Waals surface area contributed by atoms with Crippen LogP contribution in [0.25, 0.3) is 0 Å². The summed E-state index contributed by atoms with van der Waals surface area (Å²) in [6.45, 7) is 4.46. The van der Waals surface area contributed by atoms with Gasteiger partial charge in [0.25, 0.3) is 0 Å². The van der Waals surface area contributed by atoms with Gasteiger partial charge < -0.3 is 30.6 Å². The van der Waals surface area contributed by atoms with Gasteiger partial charge in [0.15, 0.2) is 2.82 Å². The number of carbonyl (C=O) groups is 6. The number of benzene rings is 2. The van der Waals surface area contributed by atoms with Gasteiger partial charge in [-0.25, -0.2) is 0 Å². The fourth-order valence-corrected chi connectivity index (χ4v) is 7.89. The van der Waals surface area contributed by atoms with Gasteiger partial charge in [0.2, 0.25) is 35.4 Å². The second-order valence-corrected chi connectivity index (χ2v) is 14.3. The van der Waals surface area contributed by atoms with Crippen molar-refractivity contribution in [1.82, 2.24) is 30.6 Å². The maximum atomic E-state index is 14.5. The van der Waals surface area contributed by atoms with Crippen LogP contribution >= 0.6 is 0 Å². The van der Waals surface area contributed by atoms with E-state index in [2.05, 4.69) is 5.32 Å². The van der Waals surface area contributed by atoms with Crippen molar-refractivity contribution in [1.29, 1.82) is 0 Å². The van der Waals surface area contributed by atoms with Crippen LogP contribution in [0.15, 0.2) is 60.7 Å². The molecule has 3 N–H and O–H groups in total. The van der Waals surface area contributed by atoms with E-state index in [0.29, 0.717) is 60.3 Å². The molecule has 0 saturated carbocycles. The van der Waals surface area contributed by atoms with E-state index in [9.17, 15) is 28.8 Å². The molecule has 4 saturated heterocycles. The Bertz CT molecular complexity index is 1680. The maximum Gasteiger partial charge on any atom is 0.246 e. The zero-order chi connectivity index (χ0) is 37.8. The summed E-state index contributed by atoms with van der Waals surface area (Å²) >= 11 is 0. The average Bonchev–Trinajstić information content (AvgIpc) is 3.98. The van der Waals surface area contributed by atoms with Crippen molar-refractivity contribution in [3.63, 3.8) is 0 Å². The molecule has 0 spiro atoms. The van der Waals surface area contributed by atoms with Crippen molar-refractivity contribution in [3.8, 4) is 0 Å². The summed E-state index contributed by atoms with van der Waals surface area (Å²) in [4.78, 5) is 90.4. The predicted octanol–water partition coefficient (Wildman–Crippen LogP) is 1.96. The van der Waals surface area contributed by atoms with Crippen LogP contribution < -0.4 is 15.9 Å². The third kappa shape index (κ3) is 7.94. The van der Waals surface area contributed by atoms with E-state index in [1.807, 2.05) is 26.0 Å². The number of hydrogen-bond acceptors (Lipinski definition) is 6. The number of nitrogens with zero attached hydrogens (tertiary/aromatic N) is 3. The van der Waals surface area contributed by atoms with Gasteiger partial charge in [-0.2, -0.15) is 0 Å². The summed E-state index contributed by atoms with van der Waals surface area (Å²) < 4.78 is 18.3. The molecule has 0 aliphatic carbocycles. The Morgan fingerprint density at radius 2 is 1.08 bits per heavy atom. The van der Waals surface area contributed by atoms with E-state index < -0.39 is 65.8 Å². The van der Waals surface area contributed by atoms with Crippen molar-refractivity contribution in [2.75, 3.05) is 19.6 Å². The van der Waals surface area contributed by atoms with Gasteiger partial charge in [0, 0.05) is 32.5 Å². The Hall–Kier alpha value is -4.74. The molecular formula is C39H50N6O6. The lowest BCUT2D eigenvalue weighted by Crippen LogP contribution is -2.62. The zero-order valence-corrected chi connectivity index (χ0v) is 29.5. The Morgan fingerprint density at radius 1 is 0.627 bits per heavy atom. The van der Waals surface area contributed by atoms with Crippen LogP contribution in [0.5, 0.6) is 0 Å². The van der Waals surface area contributed by atoms with E-state index in [-0.39, 0.29) is 50.7 Å². The van der Waals surface area contributed by atoms with Crippen molar-refractivity contribution in [2.45, 2.75) is 108 Å². The highest BCUT2D eigenvalue weighted by atomic mass is 16.2. The van der Waals surface area contributed by atoms with E-state index in [1.54, 1.807) is 48.5 Å². The Kier molecular flexibility index (Phi) is 10.5. The molecule has 2 aromatic rings. The number of hydrogen-bond donors (Lipinski definition) is 3. The van der Waals surface area contributed by atoms with Crippen molar-refractivity contribution in [2.24, 2.45) is 5.92 Å². The first-order chi connectivity index (χ1) is 25.5. The van der Waals surface area contributed by atoms with Gasteiger partial charge >= 0.3 is 0 Å². The molecule has 0 unspecified atom stereocenters. The number of rotatable bonds is 6. The molecule has 12 nitrogen and oxygen atoms in total. The molecular weight excluding hydrogens is 648 g/mol. The summed E-state index contributed by atoms with van der Waals surface area (Å²) in [5, 5.41) is 4.21. The van der Waals surface area contributed by atoms with Crippen LogP contribution in [0.2, 0.25) is 2.82 Å². The molecule has 2 aromatic carbocycles. The first-order valence-electron chi connectivity index (χ1n) is 19.3. The second kappa shape index (κ2) is 16.1. The molecule has 6 rings (SSSR count). The van der Waals surface area contributed by atoms with E-state index in [1.165, 1.54) is 14.7 Å². The molecule has 0 aromatic heterocycles. The van der Waals surface area contributed by atoms with Gasteiger partial charge in [-0.15, -0.1) is 0 Å². The normalized spacial score (nSPS) is 29.6. The van der Waals surface area contributed by atoms with E-state index in [4.69, 9.17) is 2.82 Å². The molecule has 12 heteroatoms. The minimum atomic E-state index is -1.35. The lowest BCUT2D eigenvalue weighted by molar-refractivity contribution is -0.149. The summed E-state index contributed by atoms with van der Waals surface area (Å²) in [7, 11) is 0. The number of nitrogens with one attached hydrogen (secondary N) is 3. The topological polar surface area (TPSA) is 148 Å². The first-order valence-corrected chi connectivity index (χ1v) is 18.4. The minimum absolute atomic E-state index is 0.00146. The highest BCUT2D eigenvalue weighted by Gasteiger charge is 2.46. The lowest BCUT2D eigenvalue weighted by Gasteiger charge is -2.36. The molecule has 0 bridgehead atoms. The number of amides is 6. The van der Waals surface area contributed by atoms with Crippen LogP contribution in [-0.2, 0) is 41.6 Å². The van der Waals surface area contributed by atoms with Gasteiger partial charge in [0.1, 0.15) is 36.3 Å². The minimum Gasteiger partial charge on any atom is -0.342 e. The Balaban J connectivity index is 1.43. The molecule has 4 heterocycles. The first kappa shape index (κ1) is 33.4. The molecule has 272 valence electrons. The average molecular weight is 701 g/mol. The fraction of sp³-hybridized carbons (Fsp3) is 0.538. The van der Waals surface area contributed by atoms with Gasteiger partial charge in [0.05, 0.1) is 0 Å². The maximum absolute atomic E-state index is 14.5. The number of carbonyl (C=O) groups excluding carboxylic acids is 6. The van der Waals surface area contributed by atoms with Crippen molar-refractivity contribution >= 4 is 35.4 Å². The van der Waals surface area contributed by atoms with Crippen molar-refractivity contribution in [3.05, 3.63) is 71.8 Å². The summed E-state index contributed by atoms with van der Waals surface area (Å²) in [6.07, 6.45) is 2.95. The van der Waals surface area contributed by atoms with Crippen LogP contribution in [0, 0.1) is 5.92 Å². The molecule has 4 fully saturated rings. The van der Waals surface area contributed by atoms with E-state index >= 15 is 0 Å². The monoisotopic (exact) mass is 700 g/mol. The third-order valence-electron chi connectivity index (χ3n) is 10.9. The molecule has 6 amide bonds. The molecule has 51 heavy (non-hydrogen) atoms. The second-order valence-electron chi connectivity index (χ2n) is 14.3. The van der Waals surface area contributed by atoms with Crippen LogP contribution in [0.1, 0.15) is 69.9 Å². The fourth-order valence-electron chi connectivity index (χ4n) is 7.89. The van der Waals surface area contributed by atoms with Gasteiger partial charge in [-0.05, 0) is 55.6 Å². The lowest BCUT2D eigenvalue weighted by atomic mass is 9.96. The Morgan fingerprint density at radius 3 is 1.61 bits per heavy atom. The highest BCUT2D eigenvalue weighted by Crippen LogP contribution is 2.28. The zero-order valence-electron chi connectivity index (χ0n) is 31.5. The van der Waals surface area contributed by atoms with Crippen molar-refractivity contribution < 1.29 is 31.6 Å². The SMILES string of the molecule is [2H]N1C(=O)[C@H]2CCCN2C(=O)[C@@H]2CCCN2C(=O)[C@H]([C@@H](C)CC)NC(=O)[C@H](Cc2ccccc2)N([2H])C(=O)[C@@H]2CCCN2C(=O)[C@@H]1Cc1ccccc1.